The fourth-order valence-electron chi connectivity index (χ4n) is 4.34. The maximum atomic E-state index is 14.0. The van der Waals surface area contributed by atoms with Gasteiger partial charge in [0.05, 0.1) is 17.0 Å². The van der Waals surface area contributed by atoms with Gasteiger partial charge in [-0.05, 0) is 59.7 Å². The predicted octanol–water partition coefficient (Wildman–Crippen LogP) is 5.83. The van der Waals surface area contributed by atoms with E-state index in [1.807, 2.05) is 0 Å². The Balaban J connectivity index is 1.82. The summed E-state index contributed by atoms with van der Waals surface area (Å²) >= 11 is 12.2. The van der Waals surface area contributed by atoms with Gasteiger partial charge in [-0.15, -0.1) is 0 Å². The highest BCUT2D eigenvalue weighted by Crippen LogP contribution is 2.49. The van der Waals surface area contributed by atoms with Gasteiger partial charge in [-0.1, -0.05) is 59.6 Å². The van der Waals surface area contributed by atoms with Crippen molar-refractivity contribution in [2.24, 2.45) is 0 Å². The van der Waals surface area contributed by atoms with Gasteiger partial charge >= 0.3 is 0 Å². The lowest BCUT2D eigenvalue weighted by molar-refractivity contribution is 0.529. The Morgan fingerprint density at radius 2 is 1.29 bits per heavy atom. The van der Waals surface area contributed by atoms with Gasteiger partial charge in [0.2, 0.25) is 0 Å². The van der Waals surface area contributed by atoms with Crippen LogP contribution in [-0.2, 0) is 10.0 Å². The molecular formula is C25H17Cl2FN2O3S. The molecule has 0 saturated heterocycles. The van der Waals surface area contributed by atoms with Crippen LogP contribution in [0.2, 0.25) is 10.0 Å². The smallest absolute Gasteiger partial charge is 0.266 e. The number of hydrogen-bond donors (Lipinski definition) is 0. The van der Waals surface area contributed by atoms with Crippen LogP contribution in [0.4, 0.5) is 10.2 Å². The number of anilines is 1. The SMILES string of the molecule is O=c1cccc2n1C(c1ccc(Cl)cc1)C(c1ccc(Cl)cc1)N2S(=O)(=O)c1cccc(F)c1. The van der Waals surface area contributed by atoms with Crippen molar-refractivity contribution in [3.8, 4) is 0 Å². The van der Waals surface area contributed by atoms with Crippen molar-refractivity contribution in [1.82, 2.24) is 4.57 Å². The van der Waals surface area contributed by atoms with Crippen LogP contribution in [0.25, 0.3) is 0 Å². The Kier molecular flexibility index (Phi) is 5.72. The quantitative estimate of drug-likeness (QED) is 0.344. The fourth-order valence-corrected chi connectivity index (χ4v) is 6.27. The molecule has 0 amide bonds. The van der Waals surface area contributed by atoms with E-state index in [1.54, 1.807) is 54.6 Å². The van der Waals surface area contributed by atoms with Gasteiger partial charge in [-0.2, -0.15) is 0 Å². The third-order valence-electron chi connectivity index (χ3n) is 5.80. The molecule has 3 aromatic carbocycles. The standard InChI is InChI=1S/C25H17Cl2FN2O3S/c26-18-11-7-16(8-12-18)24-25(17-9-13-19(27)14-10-17)30(22-5-2-6-23(31)29(22)24)34(32,33)21-4-1-3-20(28)15-21/h1-15,24-25H. The molecule has 34 heavy (non-hydrogen) atoms. The van der Waals surface area contributed by atoms with Crippen molar-refractivity contribution in [2.45, 2.75) is 17.0 Å². The molecule has 4 aromatic rings. The number of aromatic nitrogens is 1. The van der Waals surface area contributed by atoms with Crippen LogP contribution in [-0.4, -0.2) is 13.0 Å². The van der Waals surface area contributed by atoms with Crippen LogP contribution in [0, 0.1) is 5.82 Å². The predicted molar refractivity (Wildman–Crippen MR) is 131 cm³/mol. The first-order valence-corrected chi connectivity index (χ1v) is 12.5. The highest BCUT2D eigenvalue weighted by molar-refractivity contribution is 7.92. The van der Waals surface area contributed by atoms with Crippen LogP contribution >= 0.6 is 23.2 Å². The molecule has 2 heterocycles. The van der Waals surface area contributed by atoms with E-state index in [0.29, 0.717) is 21.2 Å². The number of fused-ring (bicyclic) bond motifs is 1. The van der Waals surface area contributed by atoms with Crippen LogP contribution in [0.3, 0.4) is 0 Å². The Morgan fingerprint density at radius 3 is 1.88 bits per heavy atom. The molecule has 5 rings (SSSR count). The summed E-state index contributed by atoms with van der Waals surface area (Å²) in [5.41, 5.74) is 0.941. The third-order valence-corrected chi connectivity index (χ3v) is 8.09. The monoisotopic (exact) mass is 514 g/mol. The molecule has 2 atom stereocenters. The van der Waals surface area contributed by atoms with Crippen LogP contribution in [0.15, 0.2) is 101 Å². The minimum Gasteiger partial charge on any atom is -0.284 e. The molecule has 0 spiro atoms. The van der Waals surface area contributed by atoms with E-state index in [0.717, 1.165) is 6.07 Å². The maximum absolute atomic E-state index is 14.0. The lowest BCUT2D eigenvalue weighted by Crippen LogP contribution is -2.33. The molecule has 0 bridgehead atoms. The molecule has 1 aliphatic heterocycles. The van der Waals surface area contributed by atoms with Crippen LogP contribution < -0.4 is 9.86 Å². The van der Waals surface area contributed by atoms with Crippen molar-refractivity contribution in [2.75, 3.05) is 4.31 Å². The van der Waals surface area contributed by atoms with Crippen molar-refractivity contribution in [3.63, 3.8) is 0 Å². The minimum atomic E-state index is -4.27. The summed E-state index contributed by atoms with van der Waals surface area (Å²) in [4.78, 5) is 12.9. The normalized spacial score (nSPS) is 17.6. The van der Waals surface area contributed by atoms with E-state index >= 15 is 0 Å². The Hall–Kier alpha value is -3.13. The average Bonchev–Trinajstić information content (AvgIpc) is 3.17. The summed E-state index contributed by atoms with van der Waals surface area (Å²) in [5, 5.41) is 0.994. The molecule has 0 aliphatic carbocycles. The lowest BCUT2D eigenvalue weighted by Gasteiger charge is -2.29. The van der Waals surface area contributed by atoms with E-state index in [-0.39, 0.29) is 16.3 Å². The average molecular weight is 515 g/mol. The van der Waals surface area contributed by atoms with Gasteiger partial charge in [0.25, 0.3) is 15.6 Å². The van der Waals surface area contributed by atoms with Gasteiger partial charge in [0, 0.05) is 16.1 Å². The first-order chi connectivity index (χ1) is 16.3. The number of nitrogens with zero attached hydrogens (tertiary/aromatic N) is 2. The van der Waals surface area contributed by atoms with Gasteiger partial charge in [-0.3, -0.25) is 9.36 Å². The zero-order valence-electron chi connectivity index (χ0n) is 17.5. The summed E-state index contributed by atoms with van der Waals surface area (Å²) in [6.45, 7) is 0. The van der Waals surface area contributed by atoms with E-state index in [9.17, 15) is 17.6 Å². The second-order valence-corrected chi connectivity index (χ2v) is 10.5. The molecule has 2 unspecified atom stereocenters. The van der Waals surface area contributed by atoms with Gasteiger partial charge < -0.3 is 0 Å². The van der Waals surface area contributed by atoms with Crippen molar-refractivity contribution in [1.29, 1.82) is 0 Å². The Morgan fingerprint density at radius 1 is 0.735 bits per heavy atom. The maximum Gasteiger partial charge on any atom is 0.266 e. The van der Waals surface area contributed by atoms with Crippen molar-refractivity contribution >= 4 is 39.0 Å². The van der Waals surface area contributed by atoms with Crippen LogP contribution in [0.5, 0.6) is 0 Å². The molecule has 0 radical (unpaired) electrons. The summed E-state index contributed by atoms with van der Waals surface area (Å²) < 4.78 is 44.5. The van der Waals surface area contributed by atoms with Gasteiger partial charge in [0.15, 0.2) is 0 Å². The largest absolute Gasteiger partial charge is 0.284 e. The number of benzene rings is 3. The molecule has 172 valence electrons. The summed E-state index contributed by atoms with van der Waals surface area (Å²) in [7, 11) is -4.27. The van der Waals surface area contributed by atoms with Crippen molar-refractivity contribution < 1.29 is 12.8 Å². The molecule has 9 heteroatoms. The molecule has 0 saturated carbocycles. The first kappa shape index (κ1) is 22.7. The molecule has 0 N–H and O–H groups in total. The van der Waals surface area contributed by atoms with Gasteiger partial charge in [-0.25, -0.2) is 17.1 Å². The van der Waals surface area contributed by atoms with E-state index in [1.165, 1.54) is 39.2 Å². The zero-order chi connectivity index (χ0) is 24.0. The Bertz CT molecular complexity index is 1540. The molecule has 1 aliphatic rings. The van der Waals surface area contributed by atoms with Gasteiger partial charge in [0.1, 0.15) is 11.6 Å². The highest BCUT2D eigenvalue weighted by atomic mass is 35.5. The number of halogens is 3. The van der Waals surface area contributed by atoms with Crippen LogP contribution in [0.1, 0.15) is 23.2 Å². The third kappa shape index (κ3) is 3.79. The number of hydrogen-bond acceptors (Lipinski definition) is 3. The second kappa shape index (κ2) is 8.58. The molecular weight excluding hydrogens is 498 g/mol. The lowest BCUT2D eigenvalue weighted by atomic mass is 9.94. The summed E-state index contributed by atoms with van der Waals surface area (Å²) in [6.07, 6.45) is 0. The highest BCUT2D eigenvalue weighted by Gasteiger charge is 2.47. The zero-order valence-corrected chi connectivity index (χ0v) is 19.8. The topological polar surface area (TPSA) is 59.4 Å². The van der Waals surface area contributed by atoms with Crippen molar-refractivity contribution in [3.05, 3.63) is 128 Å². The number of pyridine rings is 1. The minimum absolute atomic E-state index is 0.177. The Labute approximate surface area is 205 Å². The van der Waals surface area contributed by atoms with E-state index < -0.39 is 27.9 Å². The van der Waals surface area contributed by atoms with E-state index in [4.69, 9.17) is 23.2 Å². The first-order valence-electron chi connectivity index (χ1n) is 10.3. The molecule has 1 aromatic heterocycles. The summed E-state index contributed by atoms with van der Waals surface area (Å²) in [5.74, 6) is -0.500. The molecule has 0 fully saturated rings. The number of rotatable bonds is 4. The fraction of sp³-hybridized carbons (Fsp3) is 0.0800. The van der Waals surface area contributed by atoms with E-state index in [2.05, 4.69) is 0 Å². The second-order valence-electron chi connectivity index (χ2n) is 7.84. The summed E-state index contributed by atoms with van der Waals surface area (Å²) in [6, 6.07) is 21.4. The number of sulfonamides is 1. The molecule has 5 nitrogen and oxygen atoms in total.